The molecule has 11 heteroatoms. The molecule has 0 spiro atoms. The monoisotopic (exact) mass is 618 g/mol. The van der Waals surface area contributed by atoms with Gasteiger partial charge in [0.2, 0.25) is 0 Å². The van der Waals surface area contributed by atoms with Crippen LogP contribution in [0.3, 0.4) is 0 Å². The van der Waals surface area contributed by atoms with E-state index in [2.05, 4.69) is 25.3 Å². The Morgan fingerprint density at radius 2 is 1.80 bits per heavy atom. The number of nitrogens with one attached hydrogen (secondary N) is 2. The summed E-state index contributed by atoms with van der Waals surface area (Å²) in [7, 11) is 0. The predicted octanol–water partition coefficient (Wildman–Crippen LogP) is 5.90. The molecule has 3 aromatic heterocycles. The summed E-state index contributed by atoms with van der Waals surface area (Å²) in [6.45, 7) is 5.23. The number of H-pyrrole nitrogens is 1. The molecular weight excluding hydrogens is 592 g/mol. The second kappa shape index (κ2) is 10.7. The van der Waals surface area contributed by atoms with Crippen molar-refractivity contribution >= 4 is 56.4 Å². The van der Waals surface area contributed by atoms with Gasteiger partial charge in [-0.15, -0.1) is 0 Å². The van der Waals surface area contributed by atoms with Crippen LogP contribution in [0.25, 0.3) is 33.1 Å². The minimum Gasteiger partial charge on any atom is -0.476 e. The van der Waals surface area contributed by atoms with E-state index in [1.54, 1.807) is 24.5 Å². The first kappa shape index (κ1) is 28.4. The highest BCUT2D eigenvalue weighted by Gasteiger charge is 2.37. The number of para-hydroxylation sites is 1. The van der Waals surface area contributed by atoms with Crippen molar-refractivity contribution in [1.29, 1.82) is 0 Å². The van der Waals surface area contributed by atoms with Crippen LogP contribution in [-0.4, -0.2) is 36.7 Å². The number of nitrogens with zero attached hydrogens (tertiary/aromatic N) is 4. The van der Waals surface area contributed by atoms with Crippen molar-refractivity contribution < 1.29 is 9.53 Å². The minimum absolute atomic E-state index is 0.245. The van der Waals surface area contributed by atoms with Gasteiger partial charge in [0.05, 0.1) is 27.9 Å². The van der Waals surface area contributed by atoms with Gasteiger partial charge in [0.1, 0.15) is 28.9 Å². The lowest BCUT2D eigenvalue weighted by Gasteiger charge is -2.31. The summed E-state index contributed by atoms with van der Waals surface area (Å²) >= 11 is 7.23. The van der Waals surface area contributed by atoms with Crippen LogP contribution in [0.5, 0.6) is 0 Å². The van der Waals surface area contributed by atoms with E-state index >= 15 is 0 Å². The van der Waals surface area contributed by atoms with Crippen LogP contribution >= 0.6 is 11.6 Å². The van der Waals surface area contributed by atoms with Crippen LogP contribution in [-0.2, 0) is 9.53 Å². The first-order valence-corrected chi connectivity index (χ1v) is 14.8. The lowest BCUT2D eigenvalue weighted by atomic mass is 9.90. The summed E-state index contributed by atoms with van der Waals surface area (Å²) in [4.78, 5) is 55.8. The molecule has 0 fully saturated rings. The molecule has 1 aliphatic heterocycles. The fourth-order valence-corrected chi connectivity index (χ4v) is 6.25. The molecule has 10 nitrogen and oxygen atoms in total. The third-order valence-corrected chi connectivity index (χ3v) is 8.45. The zero-order valence-electron chi connectivity index (χ0n) is 24.6. The molecule has 0 radical (unpaired) electrons. The molecule has 2 aliphatic rings. The molecule has 1 amide bonds. The maximum atomic E-state index is 14.7. The Kier molecular flexibility index (Phi) is 6.74. The van der Waals surface area contributed by atoms with Crippen LogP contribution < -0.4 is 16.3 Å². The maximum Gasteiger partial charge on any atom is 0.289 e. The molecule has 5 aromatic rings. The summed E-state index contributed by atoms with van der Waals surface area (Å²) in [5, 5.41) is 4.97. The van der Waals surface area contributed by atoms with Crippen molar-refractivity contribution in [3.8, 4) is 5.69 Å². The number of fused-ring (bicyclic) bond motifs is 3. The van der Waals surface area contributed by atoms with Crippen molar-refractivity contribution in [2.75, 3.05) is 5.32 Å². The smallest absolute Gasteiger partial charge is 0.289 e. The van der Waals surface area contributed by atoms with E-state index in [4.69, 9.17) is 16.3 Å². The molecule has 1 aliphatic carbocycles. The number of pyridine rings is 2. The standard InChI is InChI=1S/C34H27ClN6O4/c1-18(39-31-27-24(42)14-15-36-30(27)37-17-38-31)29-28(35)22-11-7-10-21(26(22)32(43)41(29)20-8-5-4-6-9-20)19-12-13-25-23(16-19)40-33(44)34(2,3)45-25/h4-15,17-18H,16H2,1-3H3,(H2,36,37,38,39,42)/t18-/m0/s1. The van der Waals surface area contributed by atoms with Gasteiger partial charge in [0, 0.05) is 29.8 Å². The number of carbonyl (C=O) groups is 1. The number of aromatic nitrogens is 4. The summed E-state index contributed by atoms with van der Waals surface area (Å²) < 4.78 is 7.51. The van der Waals surface area contributed by atoms with Crippen molar-refractivity contribution in [2.45, 2.75) is 38.8 Å². The Balaban J connectivity index is 1.42. The van der Waals surface area contributed by atoms with Gasteiger partial charge in [0.15, 0.2) is 11.0 Å². The Morgan fingerprint density at radius 1 is 1.00 bits per heavy atom. The average Bonchev–Trinajstić information content (AvgIpc) is 3.03. The van der Waals surface area contributed by atoms with E-state index in [1.165, 1.54) is 18.6 Å². The Bertz CT molecular complexity index is 2260. The van der Waals surface area contributed by atoms with Crippen LogP contribution in [0.2, 0.25) is 5.02 Å². The normalized spacial score (nSPS) is 16.4. The molecule has 2 N–H and O–H groups in total. The maximum absolute atomic E-state index is 14.7. The number of anilines is 1. The quantitative estimate of drug-likeness (QED) is 0.251. The van der Waals surface area contributed by atoms with Gasteiger partial charge in [-0.25, -0.2) is 15.0 Å². The van der Waals surface area contributed by atoms with E-state index in [9.17, 15) is 14.4 Å². The van der Waals surface area contributed by atoms with Gasteiger partial charge in [-0.3, -0.25) is 19.0 Å². The highest BCUT2D eigenvalue weighted by Crippen LogP contribution is 2.38. The van der Waals surface area contributed by atoms with Crippen LogP contribution in [0, 0.1) is 0 Å². The summed E-state index contributed by atoms with van der Waals surface area (Å²) in [6.07, 6.45) is 6.88. The molecule has 0 saturated carbocycles. The van der Waals surface area contributed by atoms with Gasteiger partial charge in [-0.05, 0) is 50.1 Å². The lowest BCUT2D eigenvalue weighted by molar-refractivity contribution is -0.135. The first-order chi connectivity index (χ1) is 21.6. The average molecular weight is 619 g/mol. The summed E-state index contributed by atoms with van der Waals surface area (Å²) in [5.41, 5.74) is 1.94. The molecule has 7 rings (SSSR count). The fraction of sp³-hybridized carbons (Fsp3) is 0.176. The van der Waals surface area contributed by atoms with Gasteiger partial charge in [0.25, 0.3) is 11.5 Å². The molecule has 0 bridgehead atoms. The molecule has 0 unspecified atom stereocenters. The zero-order chi connectivity index (χ0) is 31.5. The first-order valence-electron chi connectivity index (χ1n) is 14.4. The van der Waals surface area contributed by atoms with Crippen LogP contribution in [0.1, 0.15) is 44.5 Å². The number of hydrogen-bond donors (Lipinski definition) is 2. The van der Waals surface area contributed by atoms with E-state index in [0.29, 0.717) is 67.5 Å². The lowest BCUT2D eigenvalue weighted by Crippen LogP contribution is -2.39. The number of ether oxygens (including phenoxy) is 1. The molecule has 1 atom stereocenters. The number of amides is 1. The number of rotatable bonds is 5. The van der Waals surface area contributed by atoms with Crippen molar-refractivity contribution in [3.63, 3.8) is 0 Å². The minimum atomic E-state index is -1.04. The summed E-state index contributed by atoms with van der Waals surface area (Å²) in [6, 6.07) is 15.6. The second-order valence-corrected chi connectivity index (χ2v) is 11.8. The Labute approximate surface area is 261 Å². The molecule has 45 heavy (non-hydrogen) atoms. The number of carbonyl (C=O) groups excluding carboxylic acids is 1. The number of hydrogen-bond acceptors (Lipinski definition) is 7. The number of aliphatic imine (C=N–C) groups is 1. The summed E-state index contributed by atoms with van der Waals surface area (Å²) in [5.74, 6) is 0.504. The molecule has 4 heterocycles. The van der Waals surface area contributed by atoms with Crippen LogP contribution in [0.4, 0.5) is 5.82 Å². The Hall–Kier alpha value is -5.35. The SMILES string of the molecule is C[C@H](Nc1ncnc2[nH]ccc(=O)c12)c1c(Cl)c2cccc(C3=CC=C4OC(C)(C)C(=O)N=C4C3)c2c(=O)n1-c1ccccc1. The number of aromatic amines is 1. The highest BCUT2D eigenvalue weighted by molar-refractivity contribution is 6.36. The topological polar surface area (TPSA) is 131 Å². The largest absolute Gasteiger partial charge is 0.476 e. The number of halogens is 1. The fourth-order valence-electron chi connectivity index (χ4n) is 5.85. The van der Waals surface area contributed by atoms with E-state index in [1.807, 2.05) is 61.5 Å². The van der Waals surface area contributed by atoms with Crippen molar-refractivity contribution in [1.82, 2.24) is 19.5 Å². The van der Waals surface area contributed by atoms with E-state index in [-0.39, 0.29) is 16.9 Å². The van der Waals surface area contributed by atoms with E-state index in [0.717, 1.165) is 5.57 Å². The van der Waals surface area contributed by atoms with Crippen molar-refractivity contribution in [2.24, 2.45) is 4.99 Å². The predicted molar refractivity (Wildman–Crippen MR) is 175 cm³/mol. The van der Waals surface area contributed by atoms with Gasteiger partial charge < -0.3 is 15.0 Å². The molecule has 2 aromatic carbocycles. The molecule has 224 valence electrons. The number of benzene rings is 2. The van der Waals surface area contributed by atoms with Gasteiger partial charge in [-0.2, -0.15) is 0 Å². The molecular formula is C34H27ClN6O4. The Morgan fingerprint density at radius 3 is 2.60 bits per heavy atom. The van der Waals surface area contributed by atoms with E-state index < -0.39 is 11.6 Å². The van der Waals surface area contributed by atoms with Crippen LogP contribution in [0.15, 0.2) is 99.6 Å². The highest BCUT2D eigenvalue weighted by atomic mass is 35.5. The third-order valence-electron chi connectivity index (χ3n) is 8.05. The molecule has 0 saturated heterocycles. The van der Waals surface area contributed by atoms with Gasteiger partial charge in [-0.1, -0.05) is 54.1 Å². The zero-order valence-corrected chi connectivity index (χ0v) is 25.3. The van der Waals surface area contributed by atoms with Crippen molar-refractivity contribution in [3.05, 3.63) is 122 Å². The van der Waals surface area contributed by atoms with Gasteiger partial charge >= 0.3 is 0 Å². The second-order valence-electron chi connectivity index (χ2n) is 11.4. The number of allylic oxidation sites excluding steroid dienone is 4. The third kappa shape index (κ3) is 4.74.